The second kappa shape index (κ2) is 5.23. The number of benzene rings is 1. The molecule has 0 spiro atoms. The topological polar surface area (TPSA) is 29.1 Å². The summed E-state index contributed by atoms with van der Waals surface area (Å²) in [5.74, 6) is -0.197. The van der Waals surface area contributed by atoms with Crippen molar-refractivity contribution in [2.24, 2.45) is 5.41 Å². The molecule has 5 heteroatoms. The van der Waals surface area contributed by atoms with Crippen molar-refractivity contribution in [1.29, 1.82) is 0 Å². The molecule has 0 radical (unpaired) electrons. The van der Waals surface area contributed by atoms with Crippen molar-refractivity contribution in [1.82, 2.24) is 5.32 Å². The van der Waals surface area contributed by atoms with Crippen LogP contribution in [-0.2, 0) is 11.0 Å². The van der Waals surface area contributed by atoms with Gasteiger partial charge in [0.25, 0.3) is 0 Å². The summed E-state index contributed by atoms with van der Waals surface area (Å²) >= 11 is 0. The molecule has 0 fully saturated rings. The molecule has 1 rings (SSSR count). The number of hydrogen-bond acceptors (Lipinski definition) is 1. The summed E-state index contributed by atoms with van der Waals surface area (Å²) in [4.78, 5) is 11.8. The zero-order valence-corrected chi connectivity index (χ0v) is 11.4. The molecule has 1 amide bonds. The minimum atomic E-state index is -4.37. The number of amides is 1. The van der Waals surface area contributed by atoms with E-state index in [9.17, 15) is 18.0 Å². The first-order valence-corrected chi connectivity index (χ1v) is 6.00. The Kier molecular flexibility index (Phi) is 4.28. The van der Waals surface area contributed by atoms with Crippen molar-refractivity contribution < 1.29 is 18.0 Å². The normalized spacial score (nSPS) is 14.1. The average Bonchev–Trinajstić information content (AvgIpc) is 2.26. The first-order valence-electron chi connectivity index (χ1n) is 6.00. The van der Waals surface area contributed by atoms with Crippen LogP contribution in [0.4, 0.5) is 13.2 Å². The lowest BCUT2D eigenvalue weighted by atomic mass is 9.94. The molecule has 0 aliphatic rings. The lowest BCUT2D eigenvalue weighted by Gasteiger charge is -2.22. The SMILES string of the molecule is C[C@H](NC(=O)C(C)(C)C)c1cccc(C(F)(F)F)c1. The number of rotatable bonds is 2. The highest BCUT2D eigenvalue weighted by molar-refractivity contribution is 5.81. The van der Waals surface area contributed by atoms with Crippen LogP contribution in [-0.4, -0.2) is 5.91 Å². The Hall–Kier alpha value is -1.52. The average molecular weight is 273 g/mol. The van der Waals surface area contributed by atoms with Gasteiger partial charge in [0.1, 0.15) is 0 Å². The zero-order valence-electron chi connectivity index (χ0n) is 11.4. The van der Waals surface area contributed by atoms with Gasteiger partial charge < -0.3 is 5.32 Å². The largest absolute Gasteiger partial charge is 0.416 e. The van der Waals surface area contributed by atoms with Gasteiger partial charge in [-0.25, -0.2) is 0 Å². The first kappa shape index (κ1) is 15.5. The van der Waals surface area contributed by atoms with Gasteiger partial charge in [-0.1, -0.05) is 32.9 Å². The maximum absolute atomic E-state index is 12.6. The molecule has 0 bridgehead atoms. The lowest BCUT2D eigenvalue weighted by Crippen LogP contribution is -2.36. The Balaban J connectivity index is 2.89. The van der Waals surface area contributed by atoms with E-state index in [0.29, 0.717) is 5.56 Å². The molecule has 1 aromatic rings. The van der Waals surface area contributed by atoms with E-state index < -0.39 is 23.2 Å². The number of alkyl halides is 3. The number of hydrogen-bond donors (Lipinski definition) is 1. The minimum Gasteiger partial charge on any atom is -0.349 e. The number of carbonyl (C=O) groups excluding carboxylic acids is 1. The maximum atomic E-state index is 12.6. The summed E-state index contributed by atoms with van der Waals surface area (Å²) in [6.45, 7) is 6.92. The Morgan fingerprint density at radius 2 is 1.79 bits per heavy atom. The Morgan fingerprint density at radius 1 is 1.21 bits per heavy atom. The van der Waals surface area contributed by atoms with E-state index in [-0.39, 0.29) is 5.91 Å². The van der Waals surface area contributed by atoms with Gasteiger partial charge in [-0.05, 0) is 24.6 Å². The van der Waals surface area contributed by atoms with Gasteiger partial charge in [0.2, 0.25) is 5.91 Å². The van der Waals surface area contributed by atoms with Crippen molar-refractivity contribution in [2.45, 2.75) is 39.9 Å². The van der Waals surface area contributed by atoms with Crippen LogP contribution in [0.2, 0.25) is 0 Å². The van der Waals surface area contributed by atoms with Crippen LogP contribution in [0.25, 0.3) is 0 Å². The first-order chi connectivity index (χ1) is 8.51. The molecule has 1 aromatic carbocycles. The summed E-state index contributed by atoms with van der Waals surface area (Å²) in [7, 11) is 0. The summed E-state index contributed by atoms with van der Waals surface area (Å²) < 4.78 is 37.8. The molecule has 1 N–H and O–H groups in total. The van der Waals surface area contributed by atoms with E-state index in [0.717, 1.165) is 12.1 Å². The fourth-order valence-corrected chi connectivity index (χ4v) is 1.48. The number of carbonyl (C=O) groups is 1. The summed E-state index contributed by atoms with van der Waals surface area (Å²) in [6.07, 6.45) is -4.37. The van der Waals surface area contributed by atoms with E-state index in [1.165, 1.54) is 6.07 Å². The summed E-state index contributed by atoms with van der Waals surface area (Å²) in [5.41, 5.74) is -0.843. The molecule has 0 unspecified atom stereocenters. The zero-order chi connectivity index (χ0) is 14.8. The Labute approximate surface area is 111 Å². The van der Waals surface area contributed by atoms with Crippen molar-refractivity contribution >= 4 is 5.91 Å². The van der Waals surface area contributed by atoms with E-state index in [2.05, 4.69) is 5.32 Å². The van der Waals surface area contributed by atoms with E-state index >= 15 is 0 Å². The van der Waals surface area contributed by atoms with Gasteiger partial charge in [0, 0.05) is 5.41 Å². The molecule has 0 saturated heterocycles. The van der Waals surface area contributed by atoms with E-state index in [1.54, 1.807) is 33.8 Å². The molecule has 0 saturated carbocycles. The molecule has 2 nitrogen and oxygen atoms in total. The van der Waals surface area contributed by atoms with Crippen LogP contribution < -0.4 is 5.32 Å². The molecule has 0 aromatic heterocycles. The summed E-state index contributed by atoms with van der Waals surface area (Å²) in [5, 5.41) is 2.71. The van der Waals surface area contributed by atoms with Gasteiger partial charge in [0.05, 0.1) is 11.6 Å². The lowest BCUT2D eigenvalue weighted by molar-refractivity contribution is -0.137. The van der Waals surface area contributed by atoms with Crippen LogP contribution in [0, 0.1) is 5.41 Å². The van der Waals surface area contributed by atoms with Crippen molar-refractivity contribution in [2.75, 3.05) is 0 Å². The van der Waals surface area contributed by atoms with Crippen LogP contribution in [0.3, 0.4) is 0 Å². The highest BCUT2D eigenvalue weighted by Crippen LogP contribution is 2.30. The van der Waals surface area contributed by atoms with Crippen LogP contribution in [0.1, 0.15) is 44.9 Å². The monoisotopic (exact) mass is 273 g/mol. The summed E-state index contributed by atoms with van der Waals surface area (Å²) in [6, 6.07) is 4.53. The Morgan fingerprint density at radius 3 is 2.26 bits per heavy atom. The number of nitrogens with one attached hydrogen (secondary N) is 1. The third kappa shape index (κ3) is 4.26. The third-order valence-corrected chi connectivity index (χ3v) is 2.74. The molecule has 0 aliphatic carbocycles. The molecular weight excluding hydrogens is 255 g/mol. The van der Waals surface area contributed by atoms with Crippen LogP contribution in [0.15, 0.2) is 24.3 Å². The molecular formula is C14H18F3NO. The molecule has 0 heterocycles. The standard InChI is InChI=1S/C14H18F3NO/c1-9(18-12(19)13(2,3)4)10-6-5-7-11(8-10)14(15,16)17/h5-9H,1-4H3,(H,18,19)/t9-/m0/s1. The van der Waals surface area contributed by atoms with Crippen molar-refractivity contribution in [3.8, 4) is 0 Å². The van der Waals surface area contributed by atoms with Gasteiger partial charge >= 0.3 is 6.18 Å². The fraction of sp³-hybridized carbons (Fsp3) is 0.500. The van der Waals surface area contributed by atoms with E-state index in [1.807, 2.05) is 0 Å². The fourth-order valence-electron chi connectivity index (χ4n) is 1.48. The highest BCUT2D eigenvalue weighted by atomic mass is 19.4. The second-order valence-corrected chi connectivity index (χ2v) is 5.57. The van der Waals surface area contributed by atoms with Gasteiger partial charge in [0.15, 0.2) is 0 Å². The van der Waals surface area contributed by atoms with Gasteiger partial charge in [-0.3, -0.25) is 4.79 Å². The van der Waals surface area contributed by atoms with Crippen molar-refractivity contribution in [3.05, 3.63) is 35.4 Å². The molecule has 1 atom stereocenters. The highest BCUT2D eigenvalue weighted by Gasteiger charge is 2.31. The van der Waals surface area contributed by atoms with Crippen LogP contribution in [0.5, 0.6) is 0 Å². The minimum absolute atomic E-state index is 0.197. The van der Waals surface area contributed by atoms with Crippen molar-refractivity contribution in [3.63, 3.8) is 0 Å². The molecule has 0 aliphatic heterocycles. The van der Waals surface area contributed by atoms with Gasteiger partial charge in [-0.15, -0.1) is 0 Å². The van der Waals surface area contributed by atoms with E-state index in [4.69, 9.17) is 0 Å². The third-order valence-electron chi connectivity index (χ3n) is 2.74. The quantitative estimate of drug-likeness (QED) is 0.869. The molecule has 106 valence electrons. The predicted molar refractivity (Wildman–Crippen MR) is 67.5 cm³/mol. The second-order valence-electron chi connectivity index (χ2n) is 5.57. The maximum Gasteiger partial charge on any atom is 0.416 e. The number of halogens is 3. The van der Waals surface area contributed by atoms with Gasteiger partial charge in [-0.2, -0.15) is 13.2 Å². The van der Waals surface area contributed by atoms with Crippen LogP contribution >= 0.6 is 0 Å². The molecule has 19 heavy (non-hydrogen) atoms. The predicted octanol–water partition coefficient (Wildman–Crippen LogP) is 3.93. The smallest absolute Gasteiger partial charge is 0.349 e. The Bertz CT molecular complexity index is 460.